The summed E-state index contributed by atoms with van der Waals surface area (Å²) in [5.74, 6) is 1.74. The van der Waals surface area contributed by atoms with Crippen LogP contribution in [0.1, 0.15) is 44.9 Å². The number of fused-ring (bicyclic) bond motifs is 3. The van der Waals surface area contributed by atoms with Crippen molar-refractivity contribution in [1.82, 2.24) is 24.5 Å². The van der Waals surface area contributed by atoms with Crippen molar-refractivity contribution in [2.75, 3.05) is 18.8 Å². The lowest BCUT2D eigenvalue weighted by Gasteiger charge is -2.26. The van der Waals surface area contributed by atoms with E-state index in [-0.39, 0.29) is 11.8 Å². The van der Waals surface area contributed by atoms with Crippen molar-refractivity contribution in [3.05, 3.63) is 30.1 Å². The summed E-state index contributed by atoms with van der Waals surface area (Å²) in [5.41, 5.74) is 1.74. The summed E-state index contributed by atoms with van der Waals surface area (Å²) in [7, 11) is 0. The van der Waals surface area contributed by atoms with Crippen molar-refractivity contribution in [3.8, 4) is 0 Å². The van der Waals surface area contributed by atoms with Crippen LogP contribution in [0.4, 0.5) is 0 Å². The number of thioether (sulfide) groups is 1. The van der Waals surface area contributed by atoms with Crippen LogP contribution in [0, 0.1) is 0 Å². The first kappa shape index (κ1) is 17.3. The third-order valence-electron chi connectivity index (χ3n) is 4.79. The van der Waals surface area contributed by atoms with Gasteiger partial charge in [-0.25, -0.2) is 4.98 Å². The molecule has 3 heterocycles. The standard InChI is InChI=1S/C19H23N5OS/c1-13(2)17-20-15-9-5-4-8-14(15)18-21-22-19(24(17)18)26-12-16(25)23-10-6-3-7-11-23/h4-5,8-9,13H,3,6-7,10-12H2,1-2H3. The minimum Gasteiger partial charge on any atom is -0.342 e. The van der Waals surface area contributed by atoms with Crippen LogP contribution in [0.25, 0.3) is 16.6 Å². The maximum absolute atomic E-state index is 12.5. The molecule has 1 aromatic carbocycles. The van der Waals surface area contributed by atoms with Crippen LogP contribution in [0.3, 0.4) is 0 Å². The number of para-hydroxylation sites is 1. The van der Waals surface area contributed by atoms with Gasteiger partial charge in [0.15, 0.2) is 10.8 Å². The quantitative estimate of drug-likeness (QED) is 0.659. The summed E-state index contributed by atoms with van der Waals surface area (Å²) in [6, 6.07) is 7.99. The zero-order chi connectivity index (χ0) is 18.1. The highest BCUT2D eigenvalue weighted by atomic mass is 32.2. The SMILES string of the molecule is CC(C)c1nc2ccccc2c2nnc(SCC(=O)N3CCCCC3)n12. The van der Waals surface area contributed by atoms with Gasteiger partial charge in [-0.15, -0.1) is 10.2 Å². The van der Waals surface area contributed by atoms with E-state index in [1.807, 2.05) is 33.6 Å². The molecule has 3 aromatic rings. The Balaban J connectivity index is 1.67. The third-order valence-corrected chi connectivity index (χ3v) is 5.71. The molecule has 2 aromatic heterocycles. The Morgan fingerprint density at radius 2 is 1.92 bits per heavy atom. The number of piperidine rings is 1. The van der Waals surface area contributed by atoms with Gasteiger partial charge in [-0.1, -0.05) is 37.7 Å². The average molecular weight is 369 g/mol. The number of hydrogen-bond donors (Lipinski definition) is 0. The molecule has 0 radical (unpaired) electrons. The van der Waals surface area contributed by atoms with E-state index < -0.39 is 0 Å². The van der Waals surface area contributed by atoms with Gasteiger partial charge in [0.2, 0.25) is 5.91 Å². The smallest absolute Gasteiger partial charge is 0.233 e. The van der Waals surface area contributed by atoms with E-state index in [0.717, 1.165) is 53.5 Å². The Labute approximate surface area is 157 Å². The molecule has 1 aliphatic rings. The molecule has 6 nitrogen and oxygen atoms in total. The fraction of sp³-hybridized carbons (Fsp3) is 0.474. The summed E-state index contributed by atoms with van der Waals surface area (Å²) in [6.07, 6.45) is 3.44. The second kappa shape index (κ2) is 7.23. The predicted molar refractivity (Wildman–Crippen MR) is 104 cm³/mol. The number of benzene rings is 1. The third kappa shape index (κ3) is 3.16. The van der Waals surface area contributed by atoms with Gasteiger partial charge in [0.05, 0.1) is 11.3 Å². The minimum atomic E-state index is 0.186. The first-order valence-electron chi connectivity index (χ1n) is 9.19. The van der Waals surface area contributed by atoms with Crippen LogP contribution >= 0.6 is 11.8 Å². The number of nitrogens with zero attached hydrogens (tertiary/aromatic N) is 5. The zero-order valence-electron chi connectivity index (χ0n) is 15.2. The highest BCUT2D eigenvalue weighted by Crippen LogP contribution is 2.27. The molecule has 1 saturated heterocycles. The first-order chi connectivity index (χ1) is 12.6. The molecular weight excluding hydrogens is 346 g/mol. The molecule has 26 heavy (non-hydrogen) atoms. The number of hydrogen-bond acceptors (Lipinski definition) is 5. The van der Waals surface area contributed by atoms with Crippen molar-refractivity contribution in [1.29, 1.82) is 0 Å². The molecule has 0 atom stereocenters. The predicted octanol–water partition coefficient (Wildman–Crippen LogP) is 3.51. The molecule has 4 rings (SSSR count). The lowest BCUT2D eigenvalue weighted by molar-refractivity contribution is -0.129. The molecule has 0 saturated carbocycles. The Morgan fingerprint density at radius 3 is 2.69 bits per heavy atom. The molecule has 0 N–H and O–H groups in total. The molecule has 7 heteroatoms. The van der Waals surface area contributed by atoms with Gasteiger partial charge in [0.1, 0.15) is 5.82 Å². The fourth-order valence-electron chi connectivity index (χ4n) is 3.43. The van der Waals surface area contributed by atoms with Crippen LogP contribution < -0.4 is 0 Å². The van der Waals surface area contributed by atoms with Crippen molar-refractivity contribution < 1.29 is 4.79 Å². The van der Waals surface area contributed by atoms with Gasteiger partial charge >= 0.3 is 0 Å². The topological polar surface area (TPSA) is 63.4 Å². The summed E-state index contributed by atoms with van der Waals surface area (Å²) in [4.78, 5) is 19.3. The maximum Gasteiger partial charge on any atom is 0.233 e. The number of carbonyl (C=O) groups excluding carboxylic acids is 1. The average Bonchev–Trinajstić information content (AvgIpc) is 3.10. The second-order valence-corrected chi connectivity index (χ2v) is 7.96. The summed E-state index contributed by atoms with van der Waals surface area (Å²) in [6.45, 7) is 5.99. The Kier molecular flexibility index (Phi) is 4.80. The van der Waals surface area contributed by atoms with E-state index in [1.165, 1.54) is 18.2 Å². The van der Waals surface area contributed by atoms with Crippen LogP contribution in [-0.4, -0.2) is 49.2 Å². The molecular formula is C19H23N5OS. The van der Waals surface area contributed by atoms with Crippen molar-refractivity contribution in [2.45, 2.75) is 44.2 Å². The van der Waals surface area contributed by atoms with E-state index in [2.05, 4.69) is 24.0 Å². The maximum atomic E-state index is 12.5. The highest BCUT2D eigenvalue weighted by Gasteiger charge is 2.20. The molecule has 1 amide bonds. The van der Waals surface area contributed by atoms with E-state index in [4.69, 9.17) is 4.98 Å². The number of rotatable bonds is 4. The van der Waals surface area contributed by atoms with E-state index >= 15 is 0 Å². The molecule has 0 bridgehead atoms. The lowest BCUT2D eigenvalue weighted by atomic mass is 10.1. The molecule has 1 fully saturated rings. The Hall–Kier alpha value is -2.15. The van der Waals surface area contributed by atoms with Gasteiger partial charge in [-0.05, 0) is 31.4 Å². The van der Waals surface area contributed by atoms with Gasteiger partial charge in [-0.2, -0.15) is 0 Å². The van der Waals surface area contributed by atoms with Gasteiger partial charge in [0.25, 0.3) is 0 Å². The fourth-order valence-corrected chi connectivity index (χ4v) is 4.27. The summed E-state index contributed by atoms with van der Waals surface area (Å²) < 4.78 is 2.02. The molecule has 0 spiro atoms. The molecule has 136 valence electrons. The number of likely N-dealkylation sites (tertiary alicyclic amines) is 1. The Morgan fingerprint density at radius 1 is 1.15 bits per heavy atom. The van der Waals surface area contributed by atoms with Crippen molar-refractivity contribution in [3.63, 3.8) is 0 Å². The number of amides is 1. The van der Waals surface area contributed by atoms with Crippen molar-refractivity contribution >= 4 is 34.2 Å². The van der Waals surface area contributed by atoms with Gasteiger partial charge < -0.3 is 4.90 Å². The van der Waals surface area contributed by atoms with Crippen LogP contribution in [0.2, 0.25) is 0 Å². The minimum absolute atomic E-state index is 0.186. The normalized spacial score (nSPS) is 15.3. The van der Waals surface area contributed by atoms with Crippen LogP contribution in [0.15, 0.2) is 29.4 Å². The van der Waals surface area contributed by atoms with Crippen molar-refractivity contribution in [2.24, 2.45) is 0 Å². The van der Waals surface area contributed by atoms with Gasteiger partial charge in [0, 0.05) is 24.4 Å². The zero-order valence-corrected chi connectivity index (χ0v) is 16.0. The summed E-state index contributed by atoms with van der Waals surface area (Å²) >= 11 is 1.46. The number of aromatic nitrogens is 4. The molecule has 0 aliphatic carbocycles. The molecule has 0 unspecified atom stereocenters. The molecule has 1 aliphatic heterocycles. The van der Waals surface area contributed by atoms with E-state index in [1.54, 1.807) is 0 Å². The van der Waals surface area contributed by atoms with Crippen LogP contribution in [-0.2, 0) is 4.79 Å². The van der Waals surface area contributed by atoms with Gasteiger partial charge in [-0.3, -0.25) is 9.20 Å². The lowest BCUT2D eigenvalue weighted by Crippen LogP contribution is -2.36. The van der Waals surface area contributed by atoms with E-state index in [0.29, 0.717) is 5.75 Å². The summed E-state index contributed by atoms with van der Waals surface area (Å²) in [5, 5.41) is 10.5. The largest absolute Gasteiger partial charge is 0.342 e. The van der Waals surface area contributed by atoms with E-state index in [9.17, 15) is 4.79 Å². The van der Waals surface area contributed by atoms with Crippen LogP contribution in [0.5, 0.6) is 0 Å². The highest BCUT2D eigenvalue weighted by molar-refractivity contribution is 7.99. The monoisotopic (exact) mass is 369 g/mol. The first-order valence-corrected chi connectivity index (χ1v) is 10.2. The Bertz CT molecular complexity index is 946. The second-order valence-electron chi connectivity index (χ2n) is 7.01. The number of carbonyl (C=O) groups is 1.